The molecule has 0 aromatic heterocycles. The fraction of sp³-hybridized carbons (Fsp3) is 0.609. The zero-order valence-electron chi connectivity index (χ0n) is 19.6. The molecule has 1 aliphatic carbocycles. The summed E-state index contributed by atoms with van der Waals surface area (Å²) in [5.41, 5.74) is 0.0197. The number of nitrogens with zero attached hydrogens (tertiary/aromatic N) is 4. The van der Waals surface area contributed by atoms with Gasteiger partial charge < -0.3 is 10.2 Å². The van der Waals surface area contributed by atoms with E-state index in [0.29, 0.717) is 37.3 Å². The Bertz CT molecular complexity index is 1000. The van der Waals surface area contributed by atoms with Gasteiger partial charge in [-0.3, -0.25) is 14.5 Å². The molecule has 1 saturated carbocycles. The van der Waals surface area contributed by atoms with E-state index in [1.165, 1.54) is 6.19 Å². The van der Waals surface area contributed by atoms with Crippen LogP contribution in [0.3, 0.4) is 0 Å². The van der Waals surface area contributed by atoms with Crippen molar-refractivity contribution in [1.82, 2.24) is 14.5 Å². The Labute approximate surface area is 196 Å². The van der Waals surface area contributed by atoms with Gasteiger partial charge in [0.05, 0.1) is 6.26 Å². The second-order valence-electron chi connectivity index (χ2n) is 9.19. The lowest BCUT2D eigenvalue weighted by atomic mass is 9.80. The summed E-state index contributed by atoms with van der Waals surface area (Å²) in [6, 6.07) is 7.76. The topological polar surface area (TPSA) is 114 Å². The van der Waals surface area contributed by atoms with Crippen LogP contribution in [0.15, 0.2) is 24.3 Å². The first kappa shape index (κ1) is 25.0. The van der Waals surface area contributed by atoms with Crippen LogP contribution in [0.1, 0.15) is 56.3 Å². The van der Waals surface area contributed by atoms with Crippen LogP contribution in [-0.4, -0.2) is 73.5 Å². The third kappa shape index (κ3) is 5.65. The Hall–Kier alpha value is -2.64. The largest absolute Gasteiger partial charge is 0.369 e. The van der Waals surface area contributed by atoms with E-state index in [1.807, 2.05) is 12.1 Å². The molecule has 1 N–H and O–H groups in total. The number of rotatable bonds is 6. The third-order valence-corrected chi connectivity index (χ3v) is 7.53. The number of hydrogen-bond acceptors (Lipinski definition) is 7. The normalized spacial score (nSPS) is 19.1. The molecule has 9 nitrogen and oxygen atoms in total. The molecule has 0 atom stereocenters. The number of hydrogen-bond donors (Lipinski definition) is 1. The van der Waals surface area contributed by atoms with E-state index in [1.54, 1.807) is 12.1 Å². The average molecular weight is 476 g/mol. The van der Waals surface area contributed by atoms with Crippen LogP contribution in [0.2, 0.25) is 0 Å². The van der Waals surface area contributed by atoms with Crippen molar-refractivity contribution in [3.8, 4) is 6.19 Å². The first-order chi connectivity index (χ1) is 15.6. The zero-order valence-corrected chi connectivity index (χ0v) is 20.4. The van der Waals surface area contributed by atoms with Crippen LogP contribution >= 0.6 is 0 Å². The maximum absolute atomic E-state index is 13.1. The van der Waals surface area contributed by atoms with Crippen molar-refractivity contribution in [3.63, 3.8) is 0 Å². The van der Waals surface area contributed by atoms with E-state index < -0.39 is 27.4 Å². The molecule has 0 bridgehead atoms. The first-order valence-corrected chi connectivity index (χ1v) is 13.3. The van der Waals surface area contributed by atoms with Gasteiger partial charge in [-0.2, -0.15) is 5.26 Å². The summed E-state index contributed by atoms with van der Waals surface area (Å²) in [4.78, 5) is 30.9. The number of sulfonamides is 1. The van der Waals surface area contributed by atoms with Crippen LogP contribution < -0.4 is 10.2 Å². The number of carbonyl (C=O) groups excluding carboxylic acids is 2. The fourth-order valence-corrected chi connectivity index (χ4v) is 5.25. The summed E-state index contributed by atoms with van der Waals surface area (Å²) in [6.07, 6.45) is 5.08. The Morgan fingerprint density at radius 1 is 1.06 bits per heavy atom. The predicted octanol–water partition coefficient (Wildman–Crippen LogP) is 1.92. The van der Waals surface area contributed by atoms with Crippen LogP contribution in [0.5, 0.6) is 0 Å². The zero-order chi connectivity index (χ0) is 24.2. The molecule has 0 unspecified atom stereocenters. The van der Waals surface area contributed by atoms with Gasteiger partial charge in [0.1, 0.15) is 5.54 Å². The van der Waals surface area contributed by atoms with Gasteiger partial charge in [0.2, 0.25) is 16.2 Å². The van der Waals surface area contributed by atoms with Crippen LogP contribution in [0, 0.1) is 11.5 Å². The Kier molecular flexibility index (Phi) is 7.65. The number of amides is 2. The molecular weight excluding hydrogens is 442 g/mol. The molecule has 0 radical (unpaired) electrons. The highest BCUT2D eigenvalue weighted by atomic mass is 32.2. The lowest BCUT2D eigenvalue weighted by Crippen LogP contribution is -2.60. The minimum atomic E-state index is -4.07. The molecule has 2 fully saturated rings. The fourth-order valence-electron chi connectivity index (χ4n) is 4.62. The van der Waals surface area contributed by atoms with Crippen molar-refractivity contribution in [2.24, 2.45) is 0 Å². The van der Waals surface area contributed by atoms with Gasteiger partial charge >= 0.3 is 0 Å². The minimum Gasteiger partial charge on any atom is -0.369 e. The summed E-state index contributed by atoms with van der Waals surface area (Å²) < 4.78 is 24.1. The van der Waals surface area contributed by atoms with Crippen LogP contribution in [0.25, 0.3) is 0 Å². The van der Waals surface area contributed by atoms with Crippen LogP contribution in [-0.2, 0) is 14.8 Å². The van der Waals surface area contributed by atoms with E-state index in [2.05, 4.69) is 29.0 Å². The van der Waals surface area contributed by atoms with E-state index in [0.717, 1.165) is 44.5 Å². The summed E-state index contributed by atoms with van der Waals surface area (Å²) in [7, 11) is -4.07. The Morgan fingerprint density at radius 3 is 2.12 bits per heavy atom. The Morgan fingerprint density at radius 2 is 1.64 bits per heavy atom. The molecule has 3 rings (SSSR count). The molecule has 1 aromatic carbocycles. The monoisotopic (exact) mass is 475 g/mol. The molecule has 2 amide bonds. The molecule has 10 heteroatoms. The molecule has 1 heterocycles. The molecule has 1 saturated heterocycles. The van der Waals surface area contributed by atoms with E-state index >= 15 is 0 Å². The summed E-state index contributed by atoms with van der Waals surface area (Å²) >= 11 is 0. The van der Waals surface area contributed by atoms with Gasteiger partial charge in [-0.25, -0.2) is 8.42 Å². The number of piperazine rings is 1. The van der Waals surface area contributed by atoms with Crippen molar-refractivity contribution < 1.29 is 18.0 Å². The van der Waals surface area contributed by atoms with Gasteiger partial charge in [0.15, 0.2) is 0 Å². The maximum Gasteiger partial charge on any atom is 0.275 e. The average Bonchev–Trinajstić information content (AvgIpc) is 2.79. The van der Waals surface area contributed by atoms with E-state index in [4.69, 9.17) is 0 Å². The second kappa shape index (κ2) is 10.1. The van der Waals surface area contributed by atoms with Crippen molar-refractivity contribution in [1.29, 1.82) is 5.26 Å². The lowest BCUT2D eigenvalue weighted by molar-refractivity contribution is -0.132. The van der Waals surface area contributed by atoms with Gasteiger partial charge in [-0.1, -0.05) is 19.3 Å². The summed E-state index contributed by atoms with van der Waals surface area (Å²) in [5, 5.41) is 12.1. The van der Waals surface area contributed by atoms with E-state index in [-0.39, 0.29) is 4.31 Å². The molecule has 1 aliphatic heterocycles. The molecule has 0 spiro atoms. The van der Waals surface area contributed by atoms with E-state index in [9.17, 15) is 23.3 Å². The number of nitriles is 1. The highest BCUT2D eigenvalue weighted by Gasteiger charge is 2.46. The minimum absolute atomic E-state index is 0.193. The summed E-state index contributed by atoms with van der Waals surface area (Å²) in [6.45, 7) is 8.19. The Balaban J connectivity index is 1.74. The predicted molar refractivity (Wildman–Crippen MR) is 126 cm³/mol. The van der Waals surface area contributed by atoms with Gasteiger partial charge in [0, 0.05) is 43.5 Å². The highest BCUT2D eigenvalue weighted by molar-refractivity contribution is 7.89. The number of nitrogens with one attached hydrogen (secondary N) is 1. The molecular formula is C23H33N5O4S. The number of benzene rings is 1. The molecule has 180 valence electrons. The standard InChI is InChI=1S/C23H33N5O4S/c1-18(2)26-13-15-27(16-14-26)20-9-7-19(8-10-20)21(29)25-23(11-5-4-6-12-23)22(30)28(17-24)33(3,31)32/h7-10,18H,4-6,11-16H2,1-3H3,(H,25,29). The van der Waals surface area contributed by atoms with Crippen molar-refractivity contribution in [2.45, 2.75) is 57.5 Å². The smallest absolute Gasteiger partial charge is 0.275 e. The van der Waals surface area contributed by atoms with Gasteiger partial charge in [0.25, 0.3) is 11.8 Å². The quantitative estimate of drug-likeness (QED) is 0.494. The highest BCUT2D eigenvalue weighted by Crippen LogP contribution is 2.31. The second-order valence-corrected chi connectivity index (χ2v) is 11.0. The number of anilines is 1. The molecule has 33 heavy (non-hydrogen) atoms. The first-order valence-electron chi connectivity index (χ1n) is 11.4. The van der Waals surface area contributed by atoms with Crippen molar-refractivity contribution in [3.05, 3.63) is 29.8 Å². The van der Waals surface area contributed by atoms with Crippen molar-refractivity contribution >= 4 is 27.5 Å². The molecule has 1 aromatic rings. The maximum atomic E-state index is 13.1. The number of carbonyl (C=O) groups is 2. The van der Waals surface area contributed by atoms with Crippen LogP contribution in [0.4, 0.5) is 5.69 Å². The van der Waals surface area contributed by atoms with Gasteiger partial charge in [-0.05, 0) is 51.0 Å². The SMILES string of the molecule is CC(C)N1CCN(c2ccc(C(=O)NC3(C(=O)N(C#N)S(C)(=O)=O)CCCCC3)cc2)CC1. The molecule has 2 aliphatic rings. The third-order valence-electron chi connectivity index (χ3n) is 6.62. The lowest BCUT2D eigenvalue weighted by Gasteiger charge is -2.38. The van der Waals surface area contributed by atoms with Crippen molar-refractivity contribution in [2.75, 3.05) is 37.3 Å². The summed E-state index contributed by atoms with van der Waals surface area (Å²) in [5.74, 6) is -1.34. The van der Waals surface area contributed by atoms with Gasteiger partial charge in [-0.15, -0.1) is 4.31 Å².